The number of hydrogen-bond acceptors (Lipinski definition) is 4. The van der Waals surface area contributed by atoms with Gasteiger partial charge in [-0.25, -0.2) is 4.79 Å². The van der Waals surface area contributed by atoms with E-state index in [4.69, 9.17) is 4.74 Å². The third kappa shape index (κ3) is 4.45. The van der Waals surface area contributed by atoms with Crippen molar-refractivity contribution in [1.82, 2.24) is 10.6 Å². The van der Waals surface area contributed by atoms with Crippen LogP contribution in [0.5, 0.6) is 0 Å². The van der Waals surface area contributed by atoms with E-state index >= 15 is 0 Å². The number of aliphatic carboxylic acids is 1. The normalized spacial score (nSPS) is 16.8. The number of hydrogen-bond donors (Lipinski definition) is 3. The van der Waals surface area contributed by atoms with E-state index in [9.17, 15) is 19.5 Å². The number of carbonyl (C=O) groups excluding carboxylic acids is 2. The van der Waals surface area contributed by atoms with E-state index in [1.165, 1.54) is 0 Å². The van der Waals surface area contributed by atoms with Crippen molar-refractivity contribution < 1.29 is 24.2 Å². The topological polar surface area (TPSA) is 105 Å². The van der Waals surface area contributed by atoms with Crippen molar-refractivity contribution in [2.24, 2.45) is 11.3 Å². The number of amides is 2. The second kappa shape index (κ2) is 9.25. The molecule has 7 heteroatoms. The number of fused-ring (bicyclic) bond motifs is 3. The molecule has 0 aromatic heterocycles. The Morgan fingerprint density at radius 3 is 2.09 bits per heavy atom. The van der Waals surface area contributed by atoms with Gasteiger partial charge < -0.3 is 20.5 Å². The minimum Gasteiger partial charge on any atom is -0.481 e. The Hall–Kier alpha value is -3.35. The highest BCUT2D eigenvalue weighted by Gasteiger charge is 2.45. The molecule has 2 aromatic carbocycles. The van der Waals surface area contributed by atoms with Crippen LogP contribution in [0.2, 0.25) is 0 Å². The molecule has 3 N–H and O–H groups in total. The maximum absolute atomic E-state index is 12.7. The number of ether oxygens (including phenoxy) is 1. The molecule has 174 valence electrons. The van der Waals surface area contributed by atoms with E-state index in [0.717, 1.165) is 28.7 Å². The van der Waals surface area contributed by atoms with Gasteiger partial charge in [-0.1, -0.05) is 68.8 Å². The fraction of sp³-hybridized carbons (Fsp3) is 0.423. The summed E-state index contributed by atoms with van der Waals surface area (Å²) in [6.07, 6.45) is 1.28. The summed E-state index contributed by atoms with van der Waals surface area (Å²) in [4.78, 5) is 36.9. The van der Waals surface area contributed by atoms with Crippen molar-refractivity contribution in [3.63, 3.8) is 0 Å². The van der Waals surface area contributed by atoms with E-state index in [2.05, 4.69) is 22.8 Å². The average molecular weight is 451 g/mol. The molecule has 0 bridgehead atoms. The molecular formula is C26H30N2O5. The largest absolute Gasteiger partial charge is 0.481 e. The fourth-order valence-electron chi connectivity index (χ4n) is 4.74. The molecule has 2 amide bonds. The third-order valence-corrected chi connectivity index (χ3v) is 6.93. The monoisotopic (exact) mass is 450 g/mol. The van der Waals surface area contributed by atoms with Gasteiger partial charge in [0.1, 0.15) is 12.6 Å². The van der Waals surface area contributed by atoms with Crippen LogP contribution in [0.3, 0.4) is 0 Å². The number of rotatable bonds is 8. The molecule has 7 nitrogen and oxygen atoms in total. The Kier molecular flexibility index (Phi) is 6.40. The van der Waals surface area contributed by atoms with Crippen LogP contribution in [0.15, 0.2) is 48.5 Å². The van der Waals surface area contributed by atoms with Crippen molar-refractivity contribution in [3.05, 3.63) is 59.7 Å². The van der Waals surface area contributed by atoms with E-state index < -0.39 is 29.4 Å². The second-order valence-corrected chi connectivity index (χ2v) is 9.35. The average Bonchev–Trinajstić information content (AvgIpc) is 3.08. The van der Waals surface area contributed by atoms with Gasteiger partial charge in [-0.15, -0.1) is 0 Å². The minimum atomic E-state index is -0.889. The van der Waals surface area contributed by atoms with Crippen LogP contribution in [0.1, 0.15) is 50.2 Å². The molecule has 4 rings (SSSR count). The van der Waals surface area contributed by atoms with Crippen LogP contribution >= 0.6 is 0 Å². The molecule has 1 saturated carbocycles. The van der Waals surface area contributed by atoms with Crippen molar-refractivity contribution in [2.75, 3.05) is 13.2 Å². The van der Waals surface area contributed by atoms with Gasteiger partial charge in [-0.05, 0) is 41.0 Å². The molecule has 1 unspecified atom stereocenters. The zero-order valence-electron chi connectivity index (χ0n) is 19.0. The van der Waals surface area contributed by atoms with Gasteiger partial charge in [0.25, 0.3) is 0 Å². The van der Waals surface area contributed by atoms with Gasteiger partial charge in [0.15, 0.2) is 0 Å². The van der Waals surface area contributed by atoms with Gasteiger partial charge in [-0.2, -0.15) is 0 Å². The molecule has 0 saturated heterocycles. The van der Waals surface area contributed by atoms with Crippen molar-refractivity contribution >= 4 is 18.0 Å². The van der Waals surface area contributed by atoms with Crippen LogP contribution in [0.4, 0.5) is 4.79 Å². The van der Waals surface area contributed by atoms with Crippen LogP contribution in [-0.4, -0.2) is 42.3 Å². The van der Waals surface area contributed by atoms with Crippen molar-refractivity contribution in [1.29, 1.82) is 0 Å². The Balaban J connectivity index is 1.37. The van der Waals surface area contributed by atoms with Gasteiger partial charge in [0.2, 0.25) is 5.91 Å². The number of nitrogens with one attached hydrogen (secondary N) is 2. The predicted octanol–water partition coefficient (Wildman–Crippen LogP) is 3.92. The Bertz CT molecular complexity index is 1010. The Morgan fingerprint density at radius 1 is 1.03 bits per heavy atom. The molecule has 0 radical (unpaired) electrons. The lowest BCUT2D eigenvalue weighted by Crippen LogP contribution is -2.54. The summed E-state index contributed by atoms with van der Waals surface area (Å²) >= 11 is 0. The van der Waals surface area contributed by atoms with Gasteiger partial charge in [0.05, 0.1) is 5.41 Å². The number of alkyl carbamates (subject to hydrolysis) is 1. The van der Waals surface area contributed by atoms with Gasteiger partial charge in [-0.3, -0.25) is 9.59 Å². The smallest absolute Gasteiger partial charge is 0.407 e. The summed E-state index contributed by atoms with van der Waals surface area (Å²) in [7, 11) is 0. The Labute approximate surface area is 193 Å². The summed E-state index contributed by atoms with van der Waals surface area (Å²) in [5.41, 5.74) is 3.63. The molecule has 2 aromatic rings. The molecule has 0 spiro atoms. The lowest BCUT2D eigenvalue weighted by atomic mass is 9.69. The molecular weight excluding hydrogens is 420 g/mol. The number of carboxylic acid groups (broad SMARTS) is 1. The highest BCUT2D eigenvalue weighted by atomic mass is 16.5. The number of carbonyl (C=O) groups is 3. The minimum absolute atomic E-state index is 0.0662. The first-order valence-electron chi connectivity index (χ1n) is 11.4. The Morgan fingerprint density at radius 2 is 1.61 bits per heavy atom. The lowest BCUT2D eigenvalue weighted by molar-refractivity contribution is -0.154. The quantitative estimate of drug-likeness (QED) is 0.565. The summed E-state index contributed by atoms with van der Waals surface area (Å²) in [6, 6.07) is 15.4. The maximum Gasteiger partial charge on any atom is 0.407 e. The van der Waals surface area contributed by atoms with Crippen molar-refractivity contribution in [2.45, 2.75) is 45.1 Å². The molecule has 2 aliphatic rings. The van der Waals surface area contributed by atoms with E-state index in [1.807, 2.05) is 50.2 Å². The molecule has 1 fully saturated rings. The van der Waals surface area contributed by atoms with E-state index in [0.29, 0.717) is 12.8 Å². The lowest BCUT2D eigenvalue weighted by Gasteiger charge is -2.38. The van der Waals surface area contributed by atoms with Crippen LogP contribution in [0, 0.1) is 11.3 Å². The second-order valence-electron chi connectivity index (χ2n) is 9.35. The highest BCUT2D eigenvalue weighted by Crippen LogP contribution is 2.44. The maximum atomic E-state index is 12.7. The summed E-state index contributed by atoms with van der Waals surface area (Å²) in [5.74, 6) is -1.54. The standard InChI is InChI=1S/C26H30N2O5/c1-16(2)22(23(29)27-15-26(24(30)31)12-7-13-26)28-25(32)33-14-21-19-10-5-3-8-17(19)18-9-4-6-11-20(18)21/h3-6,8-11,16,21-22H,7,12-15H2,1-2H3,(H,27,29)(H,28,32)(H,30,31). The first-order chi connectivity index (χ1) is 15.8. The van der Waals surface area contributed by atoms with E-state index in [1.54, 1.807) is 0 Å². The zero-order valence-corrected chi connectivity index (χ0v) is 19.0. The molecule has 2 aliphatic carbocycles. The molecule has 1 atom stereocenters. The third-order valence-electron chi connectivity index (χ3n) is 6.93. The van der Waals surface area contributed by atoms with Gasteiger partial charge >= 0.3 is 12.1 Å². The summed E-state index contributed by atoms with van der Waals surface area (Å²) in [6.45, 7) is 3.87. The van der Waals surface area contributed by atoms with Crippen LogP contribution < -0.4 is 10.6 Å². The van der Waals surface area contributed by atoms with Crippen LogP contribution in [-0.2, 0) is 14.3 Å². The van der Waals surface area contributed by atoms with E-state index in [-0.39, 0.29) is 25.0 Å². The molecule has 0 heterocycles. The SMILES string of the molecule is CC(C)C(NC(=O)OCC1c2ccccc2-c2ccccc21)C(=O)NCC1(C(=O)O)CCC1. The highest BCUT2D eigenvalue weighted by molar-refractivity contribution is 5.87. The first kappa shape index (κ1) is 22.8. The summed E-state index contributed by atoms with van der Waals surface area (Å²) in [5, 5.41) is 14.9. The predicted molar refractivity (Wildman–Crippen MR) is 124 cm³/mol. The summed E-state index contributed by atoms with van der Waals surface area (Å²) < 4.78 is 5.56. The van der Waals surface area contributed by atoms with Crippen molar-refractivity contribution in [3.8, 4) is 11.1 Å². The zero-order chi connectivity index (χ0) is 23.6. The molecule has 33 heavy (non-hydrogen) atoms. The fourth-order valence-corrected chi connectivity index (χ4v) is 4.74. The molecule has 0 aliphatic heterocycles. The number of benzene rings is 2. The first-order valence-corrected chi connectivity index (χ1v) is 11.4. The van der Waals surface area contributed by atoms with Crippen LogP contribution in [0.25, 0.3) is 11.1 Å². The number of carboxylic acids is 1. The van der Waals surface area contributed by atoms with Gasteiger partial charge in [0, 0.05) is 12.5 Å².